The largest absolute Gasteiger partial charge is 1.00 e. The first-order chi connectivity index (χ1) is 14.4. The molecular weight excluding hydrogens is 451 g/mol. The summed E-state index contributed by atoms with van der Waals surface area (Å²) in [6.07, 6.45) is 3.60. The van der Waals surface area contributed by atoms with Gasteiger partial charge in [0.05, 0.1) is 29.0 Å². The fourth-order valence-electron chi connectivity index (χ4n) is 3.88. The Kier molecular flexibility index (Phi) is 7.87. The Balaban J connectivity index is 0.00000272. The van der Waals surface area contributed by atoms with Gasteiger partial charge >= 0.3 is 29.6 Å². The van der Waals surface area contributed by atoms with Crippen molar-refractivity contribution in [3.63, 3.8) is 0 Å². The van der Waals surface area contributed by atoms with E-state index in [-0.39, 0.29) is 41.4 Å². The van der Waals surface area contributed by atoms with E-state index >= 15 is 0 Å². The third-order valence-corrected chi connectivity index (χ3v) is 7.22. The number of ether oxygens (including phenoxy) is 1. The zero-order chi connectivity index (χ0) is 21.4. The first-order valence-corrected chi connectivity index (χ1v) is 11.6. The number of nitrogen functional groups attached to an aromatic ring is 1. The average molecular weight is 473 g/mol. The first-order valence-electron chi connectivity index (χ1n) is 9.65. The molecule has 0 aliphatic carbocycles. The molecule has 1 aromatic heterocycles. The minimum atomic E-state index is -1.39. The molecule has 4 heterocycles. The van der Waals surface area contributed by atoms with Crippen LogP contribution in [0, 0.1) is 0 Å². The summed E-state index contributed by atoms with van der Waals surface area (Å²) in [5.74, 6) is -1.89. The average Bonchev–Trinajstić information content (AvgIpc) is 3.40. The van der Waals surface area contributed by atoms with Crippen molar-refractivity contribution in [3.05, 3.63) is 28.4 Å². The number of hydrogen-bond donors (Lipinski definition) is 2. The van der Waals surface area contributed by atoms with Gasteiger partial charge < -0.3 is 25.7 Å². The van der Waals surface area contributed by atoms with Crippen LogP contribution >= 0.6 is 23.1 Å². The molecular formula is C19H21N4NaO5S2. The number of carboxylic acid groups (broad SMARTS) is 1. The van der Waals surface area contributed by atoms with E-state index in [1.54, 1.807) is 11.5 Å². The van der Waals surface area contributed by atoms with Crippen LogP contribution in [0.2, 0.25) is 0 Å². The minimum absolute atomic E-state index is 0. The van der Waals surface area contributed by atoms with E-state index in [4.69, 9.17) is 10.5 Å². The quantitative estimate of drug-likeness (QED) is 0.256. The van der Waals surface area contributed by atoms with Gasteiger partial charge in [0, 0.05) is 17.7 Å². The van der Waals surface area contributed by atoms with Gasteiger partial charge in [0.1, 0.15) is 11.4 Å². The maximum Gasteiger partial charge on any atom is 1.00 e. The summed E-state index contributed by atoms with van der Waals surface area (Å²) in [7, 11) is 0. The summed E-state index contributed by atoms with van der Waals surface area (Å²) < 4.78 is 5.62. The molecule has 0 unspecified atom stereocenters. The number of carbonyl (C=O) groups is 3. The van der Waals surface area contributed by atoms with Crippen LogP contribution < -0.4 is 45.7 Å². The van der Waals surface area contributed by atoms with Crippen molar-refractivity contribution in [2.45, 2.75) is 43.7 Å². The molecule has 3 atom stereocenters. The zero-order valence-electron chi connectivity index (χ0n) is 17.3. The number of amides is 2. The topological polar surface area (TPSA) is 138 Å². The van der Waals surface area contributed by atoms with Gasteiger partial charge in [0.2, 0.25) is 0 Å². The molecule has 2 amide bonds. The second kappa shape index (κ2) is 10.1. The molecule has 3 aliphatic heterocycles. The molecule has 12 heteroatoms. The third-order valence-electron chi connectivity index (χ3n) is 5.25. The second-order valence-corrected chi connectivity index (χ2v) is 9.12. The predicted octanol–water partition coefficient (Wildman–Crippen LogP) is -2.89. The molecule has 31 heavy (non-hydrogen) atoms. The van der Waals surface area contributed by atoms with Crippen LogP contribution in [-0.4, -0.2) is 57.5 Å². The van der Waals surface area contributed by atoms with Gasteiger partial charge in [-0.15, -0.1) is 23.1 Å². The maximum atomic E-state index is 12.9. The van der Waals surface area contributed by atoms with E-state index in [0.717, 1.165) is 12.8 Å². The van der Waals surface area contributed by atoms with Gasteiger partial charge in [-0.1, -0.05) is 13.0 Å². The summed E-state index contributed by atoms with van der Waals surface area (Å²) in [4.78, 5) is 42.9. The maximum absolute atomic E-state index is 12.9. The van der Waals surface area contributed by atoms with Crippen LogP contribution in [0.15, 0.2) is 22.7 Å². The molecule has 1 aromatic rings. The number of thiazole rings is 1. The van der Waals surface area contributed by atoms with Gasteiger partial charge in [0.25, 0.3) is 11.8 Å². The fourth-order valence-corrected chi connectivity index (χ4v) is 5.85. The zero-order valence-corrected chi connectivity index (χ0v) is 20.9. The summed E-state index contributed by atoms with van der Waals surface area (Å²) >= 11 is 2.64. The molecule has 0 radical (unpaired) electrons. The molecule has 0 spiro atoms. The number of carboxylic acids is 1. The van der Waals surface area contributed by atoms with Crippen LogP contribution in [0.4, 0.5) is 5.13 Å². The van der Waals surface area contributed by atoms with E-state index in [2.05, 4.69) is 10.3 Å². The number of aliphatic carboxylic acids is 1. The number of nitrogens with two attached hydrogens (primary N) is 1. The third kappa shape index (κ3) is 4.57. The van der Waals surface area contributed by atoms with Crippen molar-refractivity contribution in [2.24, 2.45) is 0 Å². The summed E-state index contributed by atoms with van der Waals surface area (Å²) in [5.41, 5.74) is 6.94. The van der Waals surface area contributed by atoms with Gasteiger partial charge in [-0.2, -0.15) is 0 Å². The van der Waals surface area contributed by atoms with E-state index in [0.29, 0.717) is 40.8 Å². The Labute approximate surface area is 209 Å². The SMILES string of the molecule is CC/C=C(\C(=O)N[C@@H]1C(=O)N2C(C(=O)[O-])=C([C@@H]3CCCO3)CS[C@H]12)c1csc(N)n1.[Na+]. The smallest absolute Gasteiger partial charge is 0.543 e. The molecule has 0 bridgehead atoms. The number of fused-ring (bicyclic) bond motifs is 1. The van der Waals surface area contributed by atoms with E-state index in [1.165, 1.54) is 28.0 Å². The normalized spacial score (nSPS) is 25.6. The Morgan fingerprint density at radius 1 is 1.48 bits per heavy atom. The number of allylic oxidation sites excluding steroid dienone is 1. The Hall–Kier alpha value is -1.37. The number of rotatable bonds is 6. The summed E-state index contributed by atoms with van der Waals surface area (Å²) in [5, 5.41) is 16.1. The van der Waals surface area contributed by atoms with Crippen molar-refractivity contribution in [3.8, 4) is 0 Å². The number of aromatic nitrogens is 1. The number of carbonyl (C=O) groups excluding carboxylic acids is 3. The molecule has 0 saturated carbocycles. The van der Waals surface area contributed by atoms with Crippen LogP contribution in [-0.2, 0) is 19.1 Å². The van der Waals surface area contributed by atoms with Crippen molar-refractivity contribution < 1.29 is 53.8 Å². The summed E-state index contributed by atoms with van der Waals surface area (Å²) in [6.45, 7) is 2.46. The van der Waals surface area contributed by atoms with Gasteiger partial charge in [-0.05, 0) is 24.8 Å². The number of β-lactam (4-membered cyclic amide) rings is 1. The van der Waals surface area contributed by atoms with Crippen molar-refractivity contribution in [2.75, 3.05) is 18.1 Å². The van der Waals surface area contributed by atoms with E-state index in [1.807, 2.05) is 6.92 Å². The van der Waals surface area contributed by atoms with Crippen molar-refractivity contribution >= 4 is 51.6 Å². The van der Waals surface area contributed by atoms with E-state index in [9.17, 15) is 19.5 Å². The molecule has 4 rings (SSSR count). The predicted molar refractivity (Wildman–Crippen MR) is 111 cm³/mol. The Morgan fingerprint density at radius 2 is 2.26 bits per heavy atom. The number of nitrogens with zero attached hydrogens (tertiary/aromatic N) is 2. The molecule has 2 saturated heterocycles. The van der Waals surface area contributed by atoms with Gasteiger partial charge in [-0.25, -0.2) is 4.98 Å². The molecule has 3 N–H and O–H groups in total. The standard InChI is InChI=1S/C19H22N4O5S2.Na/c1-2-4-9(11-8-30-19(20)21-11)15(24)22-13-16(25)23-14(18(26)27)10(7-29-17(13)23)12-5-3-6-28-12;/h4,8,12-13,17H,2-3,5-7H2,1H3,(H2,20,21)(H,22,24)(H,26,27);/q;+1/p-1/b9-4-;/t12-,13+,17+;/m0./s1. The Bertz CT molecular complexity index is 957. The molecule has 3 aliphatic rings. The number of hydrogen-bond acceptors (Lipinski definition) is 9. The second-order valence-electron chi connectivity index (χ2n) is 7.12. The number of anilines is 1. The number of nitrogens with one attached hydrogen (secondary N) is 1. The van der Waals surface area contributed by atoms with Gasteiger partial charge in [0.15, 0.2) is 5.13 Å². The minimum Gasteiger partial charge on any atom is -0.543 e. The van der Waals surface area contributed by atoms with Crippen molar-refractivity contribution in [1.29, 1.82) is 0 Å². The Morgan fingerprint density at radius 3 is 2.84 bits per heavy atom. The molecule has 160 valence electrons. The van der Waals surface area contributed by atoms with Crippen LogP contribution in [0.5, 0.6) is 0 Å². The van der Waals surface area contributed by atoms with Crippen molar-refractivity contribution in [1.82, 2.24) is 15.2 Å². The monoisotopic (exact) mass is 472 g/mol. The first kappa shape index (κ1) is 24.3. The fraction of sp³-hybridized carbons (Fsp3) is 0.474. The molecule has 9 nitrogen and oxygen atoms in total. The number of thioether (sulfide) groups is 1. The summed E-state index contributed by atoms with van der Waals surface area (Å²) in [6, 6.07) is -0.820. The van der Waals surface area contributed by atoms with Crippen LogP contribution in [0.3, 0.4) is 0 Å². The molecule has 0 aromatic carbocycles. The van der Waals surface area contributed by atoms with Crippen LogP contribution in [0.25, 0.3) is 5.57 Å². The van der Waals surface area contributed by atoms with Gasteiger partial charge in [-0.3, -0.25) is 14.5 Å². The van der Waals surface area contributed by atoms with Crippen LogP contribution in [0.1, 0.15) is 31.9 Å². The van der Waals surface area contributed by atoms with E-state index < -0.39 is 29.2 Å². The molecule has 2 fully saturated rings.